The molecule has 9 heteroatoms. The van der Waals surface area contributed by atoms with Gasteiger partial charge in [-0.1, -0.05) is 36.4 Å². The minimum atomic E-state index is -2.09. The maximum absolute atomic E-state index is 12.6. The number of hydrogen-bond acceptors (Lipinski definition) is 6. The van der Waals surface area contributed by atoms with E-state index in [-0.39, 0.29) is 5.56 Å². The van der Waals surface area contributed by atoms with Gasteiger partial charge >= 0.3 is 6.03 Å². The molecule has 1 fully saturated rings. The zero-order valence-electron chi connectivity index (χ0n) is 16.2. The number of methoxy groups -OCH3 is 2. The average molecular weight is 409 g/mol. The molecule has 0 aromatic heterocycles. The first-order valence-corrected chi connectivity index (χ1v) is 8.85. The van der Waals surface area contributed by atoms with Crippen molar-refractivity contribution in [1.29, 1.82) is 0 Å². The van der Waals surface area contributed by atoms with Crippen molar-refractivity contribution in [3.8, 4) is 11.5 Å². The standard InChI is InChI=1S/C21H19N3O6/c1-29-15-10-8-13(12-16(15)30-2)9-11-17(25)24-21(14-6-4-3-5-7-14)18(26)22-20(28)23-19(21)27/h3-12H,1-2H3,(H,24,25)(H2,22,23,26,27,28). The Kier molecular flexibility index (Phi) is 5.82. The van der Waals surface area contributed by atoms with Gasteiger partial charge in [-0.25, -0.2) is 4.79 Å². The van der Waals surface area contributed by atoms with E-state index < -0.39 is 29.3 Å². The lowest BCUT2D eigenvalue weighted by atomic mass is 9.86. The zero-order chi connectivity index (χ0) is 21.7. The van der Waals surface area contributed by atoms with Gasteiger partial charge < -0.3 is 14.8 Å². The number of carbonyl (C=O) groups excluding carboxylic acids is 4. The Balaban J connectivity index is 1.90. The molecule has 9 nitrogen and oxygen atoms in total. The number of amides is 5. The average Bonchev–Trinajstić information content (AvgIpc) is 2.75. The molecule has 154 valence electrons. The molecule has 0 spiro atoms. The van der Waals surface area contributed by atoms with E-state index in [0.717, 1.165) is 0 Å². The molecule has 0 atom stereocenters. The zero-order valence-corrected chi connectivity index (χ0v) is 16.2. The van der Waals surface area contributed by atoms with E-state index in [1.807, 2.05) is 10.6 Å². The summed E-state index contributed by atoms with van der Waals surface area (Å²) in [6, 6.07) is 12.0. The van der Waals surface area contributed by atoms with Crippen LogP contribution in [0.2, 0.25) is 0 Å². The van der Waals surface area contributed by atoms with Gasteiger partial charge in [0.2, 0.25) is 11.4 Å². The highest BCUT2D eigenvalue weighted by Crippen LogP contribution is 2.28. The maximum Gasteiger partial charge on any atom is 0.328 e. The summed E-state index contributed by atoms with van der Waals surface area (Å²) in [7, 11) is 3.00. The number of benzene rings is 2. The molecule has 0 unspecified atom stereocenters. The second-order valence-corrected chi connectivity index (χ2v) is 6.29. The fourth-order valence-electron chi connectivity index (χ4n) is 3.02. The number of imide groups is 2. The van der Waals surface area contributed by atoms with Crippen LogP contribution >= 0.6 is 0 Å². The van der Waals surface area contributed by atoms with E-state index in [1.165, 1.54) is 38.5 Å². The van der Waals surface area contributed by atoms with Crippen molar-refractivity contribution in [2.45, 2.75) is 5.54 Å². The highest BCUT2D eigenvalue weighted by molar-refractivity contribution is 6.24. The molecule has 2 aromatic rings. The molecule has 1 aliphatic heterocycles. The van der Waals surface area contributed by atoms with Gasteiger partial charge in [-0.3, -0.25) is 25.0 Å². The quantitative estimate of drug-likeness (QED) is 0.485. The fourth-order valence-corrected chi connectivity index (χ4v) is 3.02. The molecule has 5 amide bonds. The predicted molar refractivity (Wildman–Crippen MR) is 107 cm³/mol. The van der Waals surface area contributed by atoms with Gasteiger partial charge in [-0.2, -0.15) is 0 Å². The van der Waals surface area contributed by atoms with E-state index >= 15 is 0 Å². The number of barbiturate groups is 1. The summed E-state index contributed by atoms with van der Waals surface area (Å²) in [5.74, 6) is -1.60. The van der Waals surface area contributed by atoms with Crippen molar-refractivity contribution < 1.29 is 28.7 Å². The van der Waals surface area contributed by atoms with Crippen LogP contribution in [0.1, 0.15) is 11.1 Å². The second-order valence-electron chi connectivity index (χ2n) is 6.29. The minimum Gasteiger partial charge on any atom is -0.493 e. The van der Waals surface area contributed by atoms with Crippen molar-refractivity contribution >= 4 is 29.8 Å². The van der Waals surface area contributed by atoms with Crippen molar-refractivity contribution in [1.82, 2.24) is 16.0 Å². The van der Waals surface area contributed by atoms with Crippen molar-refractivity contribution in [2.24, 2.45) is 0 Å². The van der Waals surface area contributed by atoms with Gasteiger partial charge in [-0.05, 0) is 29.3 Å². The molecule has 0 radical (unpaired) electrons. The van der Waals surface area contributed by atoms with E-state index in [4.69, 9.17) is 9.47 Å². The van der Waals surface area contributed by atoms with Crippen LogP contribution in [0, 0.1) is 0 Å². The molecule has 1 aliphatic rings. The normalized spacial score (nSPS) is 15.3. The summed E-state index contributed by atoms with van der Waals surface area (Å²) in [6.07, 6.45) is 2.66. The molecule has 2 aromatic carbocycles. The number of nitrogens with one attached hydrogen (secondary N) is 3. The van der Waals surface area contributed by atoms with Crippen molar-refractivity contribution in [3.05, 3.63) is 65.7 Å². The molecule has 3 N–H and O–H groups in total. The van der Waals surface area contributed by atoms with Crippen LogP contribution in [0.4, 0.5) is 4.79 Å². The smallest absolute Gasteiger partial charge is 0.328 e. The molecule has 1 heterocycles. The summed E-state index contributed by atoms with van der Waals surface area (Å²) in [5.41, 5.74) is -1.25. The minimum absolute atomic E-state index is 0.209. The van der Waals surface area contributed by atoms with Gasteiger partial charge in [0, 0.05) is 6.08 Å². The molecular weight excluding hydrogens is 390 g/mol. The third kappa shape index (κ3) is 3.86. The monoisotopic (exact) mass is 409 g/mol. The van der Waals surface area contributed by atoms with Gasteiger partial charge in [0.1, 0.15) is 0 Å². The lowest BCUT2D eigenvalue weighted by molar-refractivity contribution is -0.143. The van der Waals surface area contributed by atoms with Gasteiger partial charge in [-0.15, -0.1) is 0 Å². The molecule has 1 saturated heterocycles. The van der Waals surface area contributed by atoms with Crippen LogP contribution in [0.3, 0.4) is 0 Å². The number of rotatable bonds is 6. The first-order valence-electron chi connectivity index (χ1n) is 8.85. The van der Waals surface area contributed by atoms with Crippen LogP contribution in [-0.4, -0.2) is 38.0 Å². The van der Waals surface area contributed by atoms with Gasteiger partial charge in [0.05, 0.1) is 14.2 Å². The first-order chi connectivity index (χ1) is 14.4. The predicted octanol–water partition coefficient (Wildman–Crippen LogP) is 1.09. The Morgan fingerprint density at radius 3 is 2.17 bits per heavy atom. The van der Waals surface area contributed by atoms with Crippen LogP contribution in [0.25, 0.3) is 6.08 Å². The third-order valence-electron chi connectivity index (χ3n) is 4.49. The molecule has 0 aliphatic carbocycles. The lowest BCUT2D eigenvalue weighted by Crippen LogP contribution is -2.71. The van der Waals surface area contributed by atoms with E-state index in [0.29, 0.717) is 17.1 Å². The Labute approximate surface area is 172 Å². The number of urea groups is 1. The molecule has 0 bridgehead atoms. The lowest BCUT2D eigenvalue weighted by Gasteiger charge is -2.34. The Hall–Kier alpha value is -4.14. The summed E-state index contributed by atoms with van der Waals surface area (Å²) in [4.78, 5) is 49.4. The third-order valence-corrected chi connectivity index (χ3v) is 4.49. The molecule has 0 saturated carbocycles. The van der Waals surface area contributed by atoms with Crippen LogP contribution in [0.5, 0.6) is 11.5 Å². The largest absolute Gasteiger partial charge is 0.493 e. The fraction of sp³-hybridized carbons (Fsp3) is 0.143. The summed E-state index contributed by atoms with van der Waals surface area (Å²) in [6.45, 7) is 0. The molecule has 3 rings (SSSR count). The number of hydrogen-bond donors (Lipinski definition) is 3. The topological polar surface area (TPSA) is 123 Å². The highest BCUT2D eigenvalue weighted by Gasteiger charge is 2.52. The SMILES string of the molecule is COc1ccc(C=CC(=O)NC2(c3ccccc3)C(=O)NC(=O)NC2=O)cc1OC. The second kappa shape index (κ2) is 8.48. The number of ether oxygens (including phenoxy) is 2. The Morgan fingerprint density at radius 2 is 1.57 bits per heavy atom. The van der Waals surface area contributed by atoms with Crippen LogP contribution in [-0.2, 0) is 19.9 Å². The van der Waals surface area contributed by atoms with Gasteiger partial charge in [0.15, 0.2) is 11.5 Å². The van der Waals surface area contributed by atoms with Crippen LogP contribution < -0.4 is 25.4 Å². The summed E-state index contributed by atoms with van der Waals surface area (Å²) in [5, 5.41) is 6.49. The Morgan fingerprint density at radius 1 is 0.933 bits per heavy atom. The maximum atomic E-state index is 12.6. The molecule has 30 heavy (non-hydrogen) atoms. The summed E-state index contributed by atoms with van der Waals surface area (Å²) >= 11 is 0. The van der Waals surface area contributed by atoms with Crippen molar-refractivity contribution in [2.75, 3.05) is 14.2 Å². The van der Waals surface area contributed by atoms with E-state index in [2.05, 4.69) is 5.32 Å². The summed E-state index contributed by atoms with van der Waals surface area (Å²) < 4.78 is 10.4. The number of carbonyl (C=O) groups is 4. The highest BCUT2D eigenvalue weighted by atomic mass is 16.5. The van der Waals surface area contributed by atoms with E-state index in [1.54, 1.807) is 36.4 Å². The van der Waals surface area contributed by atoms with Crippen LogP contribution in [0.15, 0.2) is 54.6 Å². The van der Waals surface area contributed by atoms with Crippen molar-refractivity contribution in [3.63, 3.8) is 0 Å². The first kappa shape index (κ1) is 20.6. The van der Waals surface area contributed by atoms with Gasteiger partial charge in [0.25, 0.3) is 11.8 Å². The Bertz CT molecular complexity index is 1010. The molecular formula is C21H19N3O6. The van der Waals surface area contributed by atoms with E-state index in [9.17, 15) is 19.2 Å².